The first-order valence-corrected chi connectivity index (χ1v) is 11.9. The summed E-state index contributed by atoms with van der Waals surface area (Å²) in [5, 5.41) is 0. The zero-order valence-corrected chi connectivity index (χ0v) is 18.9. The molecule has 2 saturated heterocycles. The topological polar surface area (TPSA) is 95.6 Å². The van der Waals surface area contributed by atoms with Crippen LogP contribution >= 0.6 is 0 Å². The average Bonchev–Trinajstić information content (AvgIpc) is 3.32. The van der Waals surface area contributed by atoms with E-state index in [0.29, 0.717) is 37.8 Å². The second kappa shape index (κ2) is 10.4. The Balaban J connectivity index is 1.40. The molecule has 3 aliphatic rings. The Labute approximate surface area is 189 Å². The van der Waals surface area contributed by atoms with Gasteiger partial charge in [-0.3, -0.25) is 14.4 Å². The Morgan fingerprint density at radius 3 is 2.62 bits per heavy atom. The third kappa shape index (κ3) is 5.46. The summed E-state index contributed by atoms with van der Waals surface area (Å²) in [6.45, 7) is 2.80. The summed E-state index contributed by atoms with van der Waals surface area (Å²) in [7, 11) is 1.52. The van der Waals surface area contributed by atoms with E-state index in [0.717, 1.165) is 50.8 Å². The first kappa shape index (κ1) is 22.7. The van der Waals surface area contributed by atoms with Crippen LogP contribution < -0.4 is 5.56 Å². The van der Waals surface area contributed by atoms with E-state index < -0.39 is 0 Å². The predicted molar refractivity (Wildman–Crippen MR) is 120 cm³/mol. The highest BCUT2D eigenvalue weighted by molar-refractivity contribution is 5.77. The number of nitrogens with zero attached hydrogens (tertiary/aromatic N) is 3. The molecule has 1 N–H and O–H groups in total. The number of allylic oxidation sites excluding steroid dienone is 2. The minimum absolute atomic E-state index is 0.00112. The molecule has 32 heavy (non-hydrogen) atoms. The molecule has 2 amide bonds. The summed E-state index contributed by atoms with van der Waals surface area (Å²) >= 11 is 0. The van der Waals surface area contributed by atoms with Crippen molar-refractivity contribution in [3.05, 3.63) is 40.1 Å². The molecule has 2 fully saturated rings. The number of hydrogen-bond acceptors (Lipinski definition) is 5. The van der Waals surface area contributed by atoms with Crippen molar-refractivity contribution in [2.24, 2.45) is 5.92 Å². The highest BCUT2D eigenvalue weighted by atomic mass is 16.5. The molecule has 8 heteroatoms. The molecule has 0 saturated carbocycles. The second-order valence-electron chi connectivity index (χ2n) is 9.29. The van der Waals surface area contributed by atoms with Crippen LogP contribution in [-0.2, 0) is 14.3 Å². The SMILES string of the molecule is COCC(=O)N1CCC(c2nc([C@H]3CCCN(C(=O)C[C@@H]4C=CCC4)C3)cc(=O)[nH]2)CC1. The summed E-state index contributed by atoms with van der Waals surface area (Å²) in [4.78, 5) is 48.8. The number of aromatic nitrogens is 2. The molecular formula is C24H34N4O4. The van der Waals surface area contributed by atoms with Crippen LogP contribution in [0.4, 0.5) is 0 Å². The monoisotopic (exact) mass is 442 g/mol. The summed E-state index contributed by atoms with van der Waals surface area (Å²) in [6.07, 6.45) is 10.5. The Hall–Kier alpha value is -2.48. The Kier molecular flexibility index (Phi) is 7.40. The van der Waals surface area contributed by atoms with Crippen molar-refractivity contribution in [2.75, 3.05) is 39.9 Å². The van der Waals surface area contributed by atoms with E-state index in [-0.39, 0.29) is 35.8 Å². The summed E-state index contributed by atoms with van der Waals surface area (Å²) < 4.78 is 4.95. The molecule has 4 rings (SSSR count). The Morgan fingerprint density at radius 1 is 1.09 bits per heavy atom. The molecular weight excluding hydrogens is 408 g/mol. The number of methoxy groups -OCH3 is 1. The molecule has 0 bridgehead atoms. The van der Waals surface area contributed by atoms with Gasteiger partial charge in [0.25, 0.3) is 5.56 Å². The fourth-order valence-electron chi connectivity index (χ4n) is 5.18. The van der Waals surface area contributed by atoms with Crippen molar-refractivity contribution in [3.63, 3.8) is 0 Å². The number of carbonyl (C=O) groups is 2. The van der Waals surface area contributed by atoms with Crippen molar-refractivity contribution in [1.29, 1.82) is 0 Å². The fraction of sp³-hybridized carbons (Fsp3) is 0.667. The maximum Gasteiger partial charge on any atom is 0.251 e. The number of carbonyl (C=O) groups excluding carboxylic acids is 2. The zero-order valence-electron chi connectivity index (χ0n) is 18.9. The molecule has 2 aliphatic heterocycles. The zero-order chi connectivity index (χ0) is 22.5. The van der Waals surface area contributed by atoms with Gasteiger partial charge in [0.05, 0.1) is 5.69 Å². The summed E-state index contributed by atoms with van der Waals surface area (Å²) in [5.41, 5.74) is 0.655. The number of hydrogen-bond donors (Lipinski definition) is 1. The second-order valence-corrected chi connectivity index (χ2v) is 9.29. The maximum atomic E-state index is 12.8. The molecule has 1 aliphatic carbocycles. The fourth-order valence-corrected chi connectivity index (χ4v) is 5.18. The predicted octanol–water partition coefficient (Wildman–Crippen LogP) is 2.18. The van der Waals surface area contributed by atoms with E-state index in [9.17, 15) is 14.4 Å². The molecule has 3 heterocycles. The molecule has 174 valence electrons. The number of aromatic amines is 1. The summed E-state index contributed by atoms with van der Waals surface area (Å²) in [6, 6.07) is 1.60. The lowest BCUT2D eigenvalue weighted by atomic mass is 9.92. The highest BCUT2D eigenvalue weighted by Crippen LogP contribution is 2.30. The van der Waals surface area contributed by atoms with Gasteiger partial charge >= 0.3 is 0 Å². The molecule has 0 aromatic carbocycles. The van der Waals surface area contributed by atoms with Crippen molar-refractivity contribution in [1.82, 2.24) is 19.8 Å². The van der Waals surface area contributed by atoms with Crippen LogP contribution in [0, 0.1) is 5.92 Å². The number of rotatable bonds is 6. The van der Waals surface area contributed by atoms with E-state index in [1.807, 2.05) is 9.80 Å². The van der Waals surface area contributed by atoms with E-state index in [2.05, 4.69) is 17.1 Å². The third-order valence-corrected chi connectivity index (χ3v) is 7.02. The van der Waals surface area contributed by atoms with Crippen LogP contribution in [0.1, 0.15) is 68.3 Å². The van der Waals surface area contributed by atoms with Crippen molar-refractivity contribution in [3.8, 4) is 0 Å². The van der Waals surface area contributed by atoms with E-state index in [1.54, 1.807) is 6.07 Å². The number of likely N-dealkylation sites (tertiary alicyclic amines) is 2. The van der Waals surface area contributed by atoms with Crippen LogP contribution in [0.2, 0.25) is 0 Å². The number of H-pyrrole nitrogens is 1. The normalized spacial score (nSPS) is 24.2. The van der Waals surface area contributed by atoms with Crippen LogP contribution in [0.15, 0.2) is 23.0 Å². The van der Waals surface area contributed by atoms with Gasteiger partial charge in [0.2, 0.25) is 11.8 Å². The van der Waals surface area contributed by atoms with Gasteiger partial charge in [-0.05, 0) is 44.4 Å². The van der Waals surface area contributed by atoms with Gasteiger partial charge in [-0.2, -0.15) is 0 Å². The smallest absolute Gasteiger partial charge is 0.251 e. The van der Waals surface area contributed by atoms with E-state index in [1.165, 1.54) is 7.11 Å². The third-order valence-electron chi connectivity index (χ3n) is 7.02. The van der Waals surface area contributed by atoms with Crippen LogP contribution in [-0.4, -0.2) is 71.5 Å². The molecule has 0 spiro atoms. The van der Waals surface area contributed by atoms with Gasteiger partial charge in [-0.1, -0.05) is 12.2 Å². The standard InChI is InChI=1S/C24H34N4O4/c1-32-16-23(31)27-11-8-18(9-12-27)24-25-20(14-21(29)26-24)19-7-4-10-28(15-19)22(30)13-17-5-2-3-6-17/h2,5,14,17-19H,3-4,6-13,15-16H2,1H3,(H,25,26,29)/t17-,19+/m1/s1. The molecule has 8 nitrogen and oxygen atoms in total. The van der Waals surface area contributed by atoms with Gasteiger partial charge in [0.1, 0.15) is 12.4 Å². The first-order valence-electron chi connectivity index (χ1n) is 11.9. The van der Waals surface area contributed by atoms with E-state index in [4.69, 9.17) is 9.72 Å². The molecule has 2 atom stereocenters. The highest BCUT2D eigenvalue weighted by Gasteiger charge is 2.29. The molecule has 0 radical (unpaired) electrons. The first-order chi connectivity index (χ1) is 15.5. The molecule has 1 aromatic rings. The average molecular weight is 443 g/mol. The number of amides is 2. The largest absolute Gasteiger partial charge is 0.375 e. The lowest BCUT2D eigenvalue weighted by Crippen LogP contribution is -2.41. The minimum atomic E-state index is -0.137. The minimum Gasteiger partial charge on any atom is -0.375 e. The van der Waals surface area contributed by atoms with Gasteiger partial charge in [-0.15, -0.1) is 0 Å². The Bertz CT molecular complexity index is 904. The number of piperidine rings is 2. The molecule has 1 aromatic heterocycles. The van der Waals surface area contributed by atoms with Crippen molar-refractivity contribution < 1.29 is 14.3 Å². The van der Waals surface area contributed by atoms with Gasteiger partial charge < -0.3 is 19.5 Å². The van der Waals surface area contributed by atoms with Crippen LogP contribution in [0.25, 0.3) is 0 Å². The van der Waals surface area contributed by atoms with Crippen LogP contribution in [0.3, 0.4) is 0 Å². The van der Waals surface area contributed by atoms with Crippen LogP contribution in [0.5, 0.6) is 0 Å². The summed E-state index contributed by atoms with van der Waals surface area (Å²) in [5.74, 6) is 1.52. The van der Waals surface area contributed by atoms with E-state index >= 15 is 0 Å². The molecule has 0 unspecified atom stereocenters. The van der Waals surface area contributed by atoms with Gasteiger partial charge in [0, 0.05) is 57.6 Å². The van der Waals surface area contributed by atoms with Crippen molar-refractivity contribution >= 4 is 11.8 Å². The quantitative estimate of drug-likeness (QED) is 0.682. The van der Waals surface area contributed by atoms with Crippen molar-refractivity contribution in [2.45, 2.75) is 56.8 Å². The Morgan fingerprint density at radius 2 is 1.91 bits per heavy atom. The maximum absolute atomic E-state index is 12.8. The lowest BCUT2D eigenvalue weighted by molar-refractivity contribution is -0.136. The van der Waals surface area contributed by atoms with Gasteiger partial charge in [0.15, 0.2) is 0 Å². The lowest BCUT2D eigenvalue weighted by Gasteiger charge is -2.34. The number of ether oxygens (including phenoxy) is 1. The van der Waals surface area contributed by atoms with Gasteiger partial charge in [-0.25, -0.2) is 4.98 Å². The number of nitrogens with one attached hydrogen (secondary N) is 1.